The molecule has 0 saturated heterocycles. The summed E-state index contributed by atoms with van der Waals surface area (Å²) < 4.78 is 11.2. The molecule has 3 rings (SSSR count). The van der Waals surface area contributed by atoms with E-state index in [9.17, 15) is 0 Å². The molecule has 0 spiro atoms. The first kappa shape index (κ1) is 11.8. The van der Waals surface area contributed by atoms with Crippen molar-refractivity contribution in [1.82, 2.24) is 24.0 Å². The Morgan fingerprint density at radius 3 is 3.21 bits per heavy atom. The first-order valence-electron chi connectivity index (χ1n) is 5.62. The lowest BCUT2D eigenvalue weighted by Crippen LogP contribution is -2.18. The van der Waals surface area contributed by atoms with E-state index in [-0.39, 0.29) is 0 Å². The molecule has 0 saturated carbocycles. The van der Waals surface area contributed by atoms with E-state index >= 15 is 0 Å². The number of hydrogen-bond donors (Lipinski definition) is 0. The van der Waals surface area contributed by atoms with Gasteiger partial charge in [0.25, 0.3) is 0 Å². The second-order valence-corrected chi connectivity index (χ2v) is 4.65. The van der Waals surface area contributed by atoms with Gasteiger partial charge in [0.15, 0.2) is 5.82 Å². The van der Waals surface area contributed by atoms with Crippen molar-refractivity contribution in [3.8, 4) is 5.88 Å². The molecule has 19 heavy (non-hydrogen) atoms. The lowest BCUT2D eigenvalue weighted by atomic mass is 10.3. The Hall–Kier alpha value is -2.22. The fourth-order valence-electron chi connectivity index (χ4n) is 1.87. The Morgan fingerprint density at radius 2 is 2.37 bits per heavy atom. The zero-order valence-corrected chi connectivity index (χ0v) is 11.3. The summed E-state index contributed by atoms with van der Waals surface area (Å²) in [5.74, 6) is 1.43. The average Bonchev–Trinajstić information content (AvgIpc) is 3.05. The van der Waals surface area contributed by atoms with Gasteiger partial charge < -0.3 is 9.64 Å². The van der Waals surface area contributed by atoms with Crippen LogP contribution in [0.2, 0.25) is 0 Å². The highest BCUT2D eigenvalue weighted by Gasteiger charge is 2.13. The van der Waals surface area contributed by atoms with Crippen LogP contribution in [0.5, 0.6) is 5.88 Å². The van der Waals surface area contributed by atoms with Crippen LogP contribution in [0, 0.1) is 0 Å². The topological polar surface area (TPSA) is 68.4 Å². The van der Waals surface area contributed by atoms with E-state index in [0.29, 0.717) is 12.4 Å². The molecule has 3 heterocycles. The molecule has 0 amide bonds. The summed E-state index contributed by atoms with van der Waals surface area (Å²) in [4.78, 5) is 6.36. The normalized spacial score (nSPS) is 10.8. The van der Waals surface area contributed by atoms with E-state index in [1.54, 1.807) is 19.6 Å². The minimum atomic E-state index is 0.652. The van der Waals surface area contributed by atoms with E-state index in [2.05, 4.69) is 19.6 Å². The van der Waals surface area contributed by atoms with Crippen molar-refractivity contribution in [2.24, 2.45) is 0 Å². The Kier molecular flexibility index (Phi) is 3.00. The first-order chi connectivity index (χ1) is 9.29. The maximum atomic E-state index is 5.21. The van der Waals surface area contributed by atoms with Crippen LogP contribution in [0.3, 0.4) is 0 Å². The molecule has 8 heteroatoms. The van der Waals surface area contributed by atoms with E-state index < -0.39 is 0 Å². The molecule has 0 aliphatic rings. The number of hydrogen-bond acceptors (Lipinski definition) is 7. The largest absolute Gasteiger partial charge is 0.480 e. The smallest absolute Gasteiger partial charge is 0.229 e. The van der Waals surface area contributed by atoms with Gasteiger partial charge in [0.2, 0.25) is 11.5 Å². The number of ether oxygens (including phenoxy) is 1. The van der Waals surface area contributed by atoms with Gasteiger partial charge in [-0.25, -0.2) is 4.98 Å². The molecule has 0 aliphatic heterocycles. The number of methoxy groups -OCH3 is 1. The zero-order chi connectivity index (χ0) is 13.2. The molecule has 0 N–H and O–H groups in total. The van der Waals surface area contributed by atoms with Gasteiger partial charge in [-0.2, -0.15) is 4.37 Å². The number of anilines is 1. The summed E-state index contributed by atoms with van der Waals surface area (Å²) >= 11 is 1.38. The van der Waals surface area contributed by atoms with Gasteiger partial charge >= 0.3 is 0 Å². The molecule has 0 aromatic carbocycles. The minimum Gasteiger partial charge on any atom is -0.480 e. The number of aromatic nitrogens is 5. The monoisotopic (exact) mass is 276 g/mol. The lowest BCUT2D eigenvalue weighted by Gasteiger charge is -2.17. The minimum absolute atomic E-state index is 0.652. The third-order valence-corrected chi connectivity index (χ3v) is 3.43. The lowest BCUT2D eigenvalue weighted by molar-refractivity contribution is 0.397. The second kappa shape index (κ2) is 4.81. The van der Waals surface area contributed by atoms with E-state index in [0.717, 1.165) is 17.0 Å². The molecule has 3 aromatic rings. The predicted octanol–water partition coefficient (Wildman–Crippen LogP) is 1.23. The molecule has 0 aliphatic carbocycles. The van der Waals surface area contributed by atoms with Crippen molar-refractivity contribution in [2.75, 3.05) is 19.1 Å². The molecule has 3 aromatic heterocycles. The van der Waals surface area contributed by atoms with Crippen LogP contribution in [0.1, 0.15) is 5.56 Å². The molecule has 98 valence electrons. The van der Waals surface area contributed by atoms with Gasteiger partial charge in [-0.05, 0) is 11.5 Å². The van der Waals surface area contributed by atoms with Gasteiger partial charge in [0, 0.05) is 30.4 Å². The van der Waals surface area contributed by atoms with Gasteiger partial charge in [-0.1, -0.05) is 0 Å². The molecular weight excluding hydrogens is 264 g/mol. The Bertz CT molecular complexity index is 693. The highest BCUT2D eigenvalue weighted by molar-refractivity contribution is 7.03. The van der Waals surface area contributed by atoms with Gasteiger partial charge in [-0.15, -0.1) is 10.2 Å². The van der Waals surface area contributed by atoms with Crippen molar-refractivity contribution < 1.29 is 4.74 Å². The van der Waals surface area contributed by atoms with Gasteiger partial charge in [0.05, 0.1) is 13.7 Å². The summed E-state index contributed by atoms with van der Waals surface area (Å²) in [6, 6.07) is 0. The Morgan fingerprint density at radius 1 is 1.47 bits per heavy atom. The van der Waals surface area contributed by atoms with E-state index in [1.165, 1.54) is 11.5 Å². The number of fused-ring (bicyclic) bond motifs is 1. The second-order valence-electron chi connectivity index (χ2n) is 4.02. The molecule has 0 radical (unpaired) electrons. The molecular formula is C11H12N6OS. The van der Waals surface area contributed by atoms with Crippen LogP contribution in [-0.4, -0.2) is 38.1 Å². The van der Waals surface area contributed by atoms with Crippen LogP contribution in [0.4, 0.5) is 5.82 Å². The molecule has 0 atom stereocenters. The number of nitrogens with zero attached hydrogens (tertiary/aromatic N) is 6. The zero-order valence-electron chi connectivity index (χ0n) is 10.5. The predicted molar refractivity (Wildman–Crippen MR) is 71.6 cm³/mol. The van der Waals surface area contributed by atoms with Gasteiger partial charge in [-0.3, -0.25) is 4.40 Å². The fraction of sp³-hybridized carbons (Fsp3) is 0.273. The third kappa shape index (κ3) is 2.10. The molecule has 0 bridgehead atoms. The Balaban J connectivity index is 1.92. The maximum absolute atomic E-state index is 5.21. The highest BCUT2D eigenvalue weighted by Crippen LogP contribution is 2.23. The summed E-state index contributed by atoms with van der Waals surface area (Å²) in [5.41, 5.74) is 1.76. The summed E-state index contributed by atoms with van der Waals surface area (Å²) in [6.07, 6.45) is 5.20. The van der Waals surface area contributed by atoms with Gasteiger partial charge in [0.1, 0.15) is 6.33 Å². The van der Waals surface area contributed by atoms with Crippen molar-refractivity contribution in [3.63, 3.8) is 0 Å². The first-order valence-corrected chi connectivity index (χ1v) is 6.46. The van der Waals surface area contributed by atoms with Crippen molar-refractivity contribution in [1.29, 1.82) is 0 Å². The molecule has 0 fully saturated rings. The standard InChI is InChI=1S/C11H12N6OS/c1-16(5-8-6-19-15-11(8)18-2)9-10-14-13-7-17(10)4-3-12-9/h3-4,6-7H,5H2,1-2H3. The number of rotatable bonds is 4. The third-order valence-electron chi connectivity index (χ3n) is 2.76. The van der Waals surface area contributed by atoms with Crippen LogP contribution in [0.15, 0.2) is 24.1 Å². The summed E-state index contributed by atoms with van der Waals surface area (Å²) in [7, 11) is 3.57. The van der Waals surface area contributed by atoms with E-state index in [4.69, 9.17) is 4.74 Å². The van der Waals surface area contributed by atoms with Crippen LogP contribution < -0.4 is 9.64 Å². The van der Waals surface area contributed by atoms with Crippen LogP contribution in [0.25, 0.3) is 5.65 Å². The summed E-state index contributed by atoms with van der Waals surface area (Å²) in [5, 5.41) is 9.93. The van der Waals surface area contributed by atoms with E-state index in [1.807, 2.05) is 27.9 Å². The van der Waals surface area contributed by atoms with Crippen LogP contribution >= 0.6 is 11.5 Å². The van der Waals surface area contributed by atoms with Crippen molar-refractivity contribution in [2.45, 2.75) is 6.54 Å². The van der Waals surface area contributed by atoms with Crippen LogP contribution in [-0.2, 0) is 6.54 Å². The highest BCUT2D eigenvalue weighted by atomic mass is 32.1. The maximum Gasteiger partial charge on any atom is 0.229 e. The molecule has 0 unspecified atom stereocenters. The SMILES string of the molecule is COc1nscc1CN(C)c1nccn2cnnc12. The quantitative estimate of drug-likeness (QED) is 0.714. The summed E-state index contributed by atoms with van der Waals surface area (Å²) in [6.45, 7) is 0.652. The average molecular weight is 276 g/mol. The Labute approximate surface area is 113 Å². The van der Waals surface area contributed by atoms with Crippen molar-refractivity contribution in [3.05, 3.63) is 29.7 Å². The van der Waals surface area contributed by atoms with Crippen molar-refractivity contribution >= 4 is 23.0 Å². The fourth-order valence-corrected chi connectivity index (χ4v) is 2.51. The molecule has 7 nitrogen and oxygen atoms in total.